The zero-order chi connectivity index (χ0) is 34.3. The van der Waals surface area contributed by atoms with E-state index in [1.807, 2.05) is 40.7 Å². The Balaban J connectivity index is 1.55. The van der Waals surface area contributed by atoms with Crippen LogP contribution in [-0.4, -0.2) is 56.8 Å². The normalized spacial score (nSPS) is 31.8. The van der Waals surface area contributed by atoms with E-state index in [-0.39, 0.29) is 41.0 Å². The minimum absolute atomic E-state index is 0.0295. The maximum Gasteiger partial charge on any atom is 0.298 e. The Labute approximate surface area is 276 Å². The van der Waals surface area contributed by atoms with E-state index >= 15 is 0 Å². The Morgan fingerprint density at radius 2 is 1.85 bits per heavy atom. The van der Waals surface area contributed by atoms with Crippen molar-refractivity contribution in [1.29, 1.82) is 0 Å². The van der Waals surface area contributed by atoms with Crippen LogP contribution < -0.4 is 9.47 Å². The Kier molecular flexibility index (Phi) is 7.91. The lowest BCUT2D eigenvalue weighted by Crippen LogP contribution is -2.72. The minimum Gasteiger partial charge on any atom is -0.507 e. The predicted octanol–water partition coefficient (Wildman–Crippen LogP) is 6.18. The number of benzene rings is 1. The first-order chi connectivity index (χ1) is 22.0. The maximum atomic E-state index is 14.8. The number of rotatable bonds is 10. The molecule has 9 nitrogen and oxygen atoms in total. The predicted molar refractivity (Wildman–Crippen MR) is 174 cm³/mol. The van der Waals surface area contributed by atoms with Crippen LogP contribution in [0.15, 0.2) is 47.3 Å². The number of fused-ring (bicyclic) bond motifs is 2. The van der Waals surface area contributed by atoms with Gasteiger partial charge in [0, 0.05) is 35.0 Å². The lowest BCUT2D eigenvalue weighted by atomic mass is 9.51. The number of ether oxygens (including phenoxy) is 4. The van der Waals surface area contributed by atoms with E-state index < -0.39 is 34.4 Å². The molecule has 1 aromatic carbocycles. The van der Waals surface area contributed by atoms with Crippen molar-refractivity contribution in [1.82, 2.24) is 0 Å². The molecule has 3 aliphatic heterocycles. The zero-order valence-corrected chi connectivity index (χ0v) is 28.5. The number of aliphatic hydroxyl groups excluding tert-OH is 1. The largest absolute Gasteiger partial charge is 0.507 e. The number of allylic oxidation sites excluding steroid dienone is 4. The smallest absolute Gasteiger partial charge is 0.298 e. The Morgan fingerprint density at radius 3 is 2.51 bits per heavy atom. The Bertz CT molecular complexity index is 1670. The number of phenolic OH excluding ortho intramolecular Hbond substituents is 1. The number of carbonyl (C=O) groups excluding carboxylic acids is 3. The van der Waals surface area contributed by atoms with Crippen LogP contribution in [-0.2, 0) is 31.9 Å². The summed E-state index contributed by atoms with van der Waals surface area (Å²) in [5.74, 6) is -0.648. The molecule has 9 heteroatoms. The fraction of sp³-hybridized carbons (Fsp3) is 0.553. The van der Waals surface area contributed by atoms with Crippen LogP contribution in [0, 0.1) is 11.8 Å². The molecule has 47 heavy (non-hydrogen) atoms. The summed E-state index contributed by atoms with van der Waals surface area (Å²) in [5.41, 5.74) is -1.20. The number of Topliss-reactive ketones (excluding diaryl/α,β-unsaturated/α-hetero) is 2. The molecule has 2 N–H and O–H groups in total. The van der Waals surface area contributed by atoms with E-state index in [1.54, 1.807) is 26.0 Å². The molecule has 252 valence electrons. The van der Waals surface area contributed by atoms with Gasteiger partial charge in [-0.2, -0.15) is 0 Å². The van der Waals surface area contributed by atoms with E-state index in [0.29, 0.717) is 78.8 Å². The first kappa shape index (κ1) is 33.2. The molecule has 0 aromatic heterocycles. The van der Waals surface area contributed by atoms with Crippen molar-refractivity contribution >= 4 is 18.0 Å². The number of phenols is 1. The first-order valence-electron chi connectivity index (χ1n) is 16.6. The third-order valence-corrected chi connectivity index (χ3v) is 11.1. The highest BCUT2D eigenvalue weighted by Crippen LogP contribution is 2.68. The number of hydrogen-bond donors (Lipinski definition) is 2. The Hall–Kier alpha value is -3.69. The van der Waals surface area contributed by atoms with Gasteiger partial charge in [-0.05, 0) is 93.1 Å². The summed E-state index contributed by atoms with van der Waals surface area (Å²) >= 11 is 0. The average Bonchev–Trinajstić information content (AvgIpc) is 3.15. The third-order valence-electron chi connectivity index (χ3n) is 11.1. The summed E-state index contributed by atoms with van der Waals surface area (Å²) in [6.45, 7) is 17.4. The van der Waals surface area contributed by atoms with Crippen LogP contribution in [0.5, 0.6) is 17.2 Å². The van der Waals surface area contributed by atoms with Gasteiger partial charge in [-0.25, -0.2) is 0 Å². The molecular formula is C38H46O9. The molecular weight excluding hydrogens is 600 g/mol. The van der Waals surface area contributed by atoms with Crippen molar-refractivity contribution in [2.45, 2.75) is 122 Å². The molecule has 4 unspecified atom stereocenters. The van der Waals surface area contributed by atoms with E-state index in [2.05, 4.69) is 6.58 Å². The molecule has 6 aliphatic rings. The second-order valence-electron chi connectivity index (χ2n) is 15.0. The quantitative estimate of drug-likeness (QED) is 0.174. The van der Waals surface area contributed by atoms with E-state index in [1.165, 1.54) is 0 Å². The van der Waals surface area contributed by atoms with Gasteiger partial charge in [0.05, 0.1) is 11.7 Å². The molecule has 3 aliphatic carbocycles. The Morgan fingerprint density at radius 1 is 1.13 bits per heavy atom. The summed E-state index contributed by atoms with van der Waals surface area (Å²) in [6, 6.07) is 0. The monoisotopic (exact) mass is 646 g/mol. The molecule has 1 aromatic rings. The van der Waals surface area contributed by atoms with Crippen LogP contribution in [0.2, 0.25) is 0 Å². The fourth-order valence-electron chi connectivity index (χ4n) is 8.56. The molecule has 3 heterocycles. The minimum atomic E-state index is -1.57. The highest BCUT2D eigenvalue weighted by atomic mass is 16.6. The van der Waals surface area contributed by atoms with Crippen molar-refractivity contribution in [3.63, 3.8) is 0 Å². The van der Waals surface area contributed by atoms with Gasteiger partial charge in [-0.15, -0.1) is 0 Å². The summed E-state index contributed by atoms with van der Waals surface area (Å²) in [4.78, 5) is 40.2. The molecule has 0 radical (unpaired) electrons. The summed E-state index contributed by atoms with van der Waals surface area (Å²) in [6.07, 6.45) is 7.65. The summed E-state index contributed by atoms with van der Waals surface area (Å²) < 4.78 is 25.8. The van der Waals surface area contributed by atoms with Crippen LogP contribution in [0.1, 0.15) is 102 Å². The summed E-state index contributed by atoms with van der Waals surface area (Å²) in [5, 5.41) is 22.3. The highest BCUT2D eigenvalue weighted by Gasteiger charge is 2.81. The lowest BCUT2D eigenvalue weighted by molar-refractivity contribution is -0.171. The first-order valence-corrected chi connectivity index (χ1v) is 16.6. The summed E-state index contributed by atoms with van der Waals surface area (Å²) in [7, 11) is 0. The van der Waals surface area contributed by atoms with Crippen molar-refractivity contribution in [3.05, 3.63) is 64.0 Å². The van der Waals surface area contributed by atoms with Crippen LogP contribution in [0.25, 0.3) is 0 Å². The molecule has 0 amide bonds. The fourth-order valence-corrected chi connectivity index (χ4v) is 8.56. The second kappa shape index (κ2) is 11.2. The van der Waals surface area contributed by atoms with Gasteiger partial charge in [0.15, 0.2) is 22.8 Å². The molecule has 2 fully saturated rings. The highest BCUT2D eigenvalue weighted by molar-refractivity contribution is 6.18. The topological polar surface area (TPSA) is 129 Å². The van der Waals surface area contributed by atoms with Crippen molar-refractivity contribution in [2.24, 2.45) is 11.8 Å². The SMILES string of the molecule is C=C(C)C(O)CC[C@]1(C)CCc2c(O)c3c(c(CC=C(C)C)c2O1)O[C@]12C(=CC4CC1C(C)(C)OC2(CC=C(C)OC=O)C4=O)C3=O. The van der Waals surface area contributed by atoms with E-state index in [9.17, 15) is 24.6 Å². The van der Waals surface area contributed by atoms with Crippen LogP contribution in [0.3, 0.4) is 0 Å². The molecule has 1 spiro atoms. The molecule has 6 atom stereocenters. The molecule has 1 saturated carbocycles. The van der Waals surface area contributed by atoms with Gasteiger partial charge in [0.2, 0.25) is 0 Å². The number of aliphatic hydroxyl groups is 1. The van der Waals surface area contributed by atoms with Crippen molar-refractivity contribution < 1.29 is 43.5 Å². The number of aromatic hydroxyl groups is 1. The number of ketones is 2. The maximum absolute atomic E-state index is 14.8. The van der Waals surface area contributed by atoms with Gasteiger partial charge >= 0.3 is 0 Å². The van der Waals surface area contributed by atoms with E-state index in [4.69, 9.17) is 18.9 Å². The number of carbonyl (C=O) groups is 3. The number of hydrogen-bond acceptors (Lipinski definition) is 9. The molecule has 1 saturated heterocycles. The zero-order valence-electron chi connectivity index (χ0n) is 28.5. The standard InChI is InChI=1S/C38H46O9/c1-20(2)9-10-25-32-24(12-14-36(8,45-32)15-13-27(40)21(3)4)30(41)29-31(42)26-17-23-18-28-35(6,7)47-37(34(23)43,16-11-22(5)44-19-39)38(26,28)46-33(25)29/h9,11,17,19,23,27-28,40-41H,3,10,12-16,18H2,1-2,4-8H3/t23?,27?,28?,36-,37?,38+/m0/s1. The van der Waals surface area contributed by atoms with Crippen LogP contribution in [0.4, 0.5) is 0 Å². The molecule has 7 rings (SSSR count). The van der Waals surface area contributed by atoms with Crippen molar-refractivity contribution in [2.75, 3.05) is 0 Å². The third kappa shape index (κ3) is 4.83. The second-order valence-corrected chi connectivity index (χ2v) is 15.0. The van der Waals surface area contributed by atoms with Gasteiger partial charge in [-0.3, -0.25) is 14.4 Å². The van der Waals surface area contributed by atoms with E-state index in [0.717, 1.165) is 5.57 Å². The van der Waals surface area contributed by atoms with Gasteiger partial charge in [0.1, 0.15) is 34.2 Å². The van der Waals surface area contributed by atoms with Crippen LogP contribution >= 0.6 is 0 Å². The van der Waals surface area contributed by atoms with Gasteiger partial charge < -0.3 is 29.2 Å². The average molecular weight is 647 g/mol. The lowest BCUT2D eigenvalue weighted by Gasteiger charge is -2.56. The van der Waals surface area contributed by atoms with Gasteiger partial charge in [-0.1, -0.05) is 29.9 Å². The van der Waals surface area contributed by atoms with Gasteiger partial charge in [0.25, 0.3) is 6.47 Å². The molecule has 4 bridgehead atoms. The van der Waals surface area contributed by atoms with Crippen molar-refractivity contribution in [3.8, 4) is 17.2 Å².